The number of aliphatic carboxylic acids is 1. The molecular formula is C64H105N21O16. The SMILES string of the molecule is CC(=O)N[C@@H](Cc1cnc[nH]1)C(=O)N[C@@H](CCCCN)C(=O)N[C@@]1(C)CCC/C=C\CCC[C@@](C)(C(=O)N[C@@H](CC(C)C)C(=O)N[C@@H](CCC(N)=O)C(=O)N[C@@H](CC(=O)O)C(=O)N[C@@H](CO)C(N)=O)NC(=O)[C@H](CCCN=C(N)N)NC(=O)[C@H](Cc2cnc[nH]2)NC(=O)[C@H](CC(C)C)NC1=O. The van der Waals surface area contributed by atoms with Crippen molar-refractivity contribution in [3.8, 4) is 0 Å². The number of carbonyl (C=O) groups is 14. The Morgan fingerprint density at radius 3 is 1.76 bits per heavy atom. The number of hydrogen-bond donors (Lipinski definition) is 20. The van der Waals surface area contributed by atoms with Gasteiger partial charge in [-0.1, -0.05) is 39.8 Å². The topological polar surface area (TPSA) is 612 Å². The molecule has 0 aromatic carbocycles. The van der Waals surface area contributed by atoms with Crippen molar-refractivity contribution in [3.63, 3.8) is 0 Å². The fourth-order valence-corrected chi connectivity index (χ4v) is 10.8. The number of aliphatic hydroxyl groups is 1. The van der Waals surface area contributed by atoms with Gasteiger partial charge >= 0.3 is 5.97 Å². The monoisotopic (exact) mass is 1420 g/mol. The number of amides is 13. The van der Waals surface area contributed by atoms with Crippen molar-refractivity contribution in [1.29, 1.82) is 0 Å². The van der Waals surface area contributed by atoms with Crippen LogP contribution in [-0.2, 0) is 80.0 Å². The molecule has 25 N–H and O–H groups in total. The molecule has 0 saturated heterocycles. The number of unbranched alkanes of at least 4 members (excludes halogenated alkanes) is 1. The number of H-pyrrole nitrogens is 2. The second-order valence-electron chi connectivity index (χ2n) is 26.3. The van der Waals surface area contributed by atoms with Crippen LogP contribution in [0, 0.1) is 11.8 Å². The average molecular weight is 1420 g/mol. The van der Waals surface area contributed by atoms with Crippen molar-refractivity contribution in [2.45, 2.75) is 229 Å². The molecule has 1 aliphatic rings. The van der Waals surface area contributed by atoms with Gasteiger partial charge in [0.15, 0.2) is 5.96 Å². The van der Waals surface area contributed by atoms with E-state index in [4.69, 9.17) is 28.7 Å². The lowest BCUT2D eigenvalue weighted by atomic mass is 9.90. The van der Waals surface area contributed by atoms with Crippen LogP contribution in [0.15, 0.2) is 42.2 Å². The van der Waals surface area contributed by atoms with Crippen molar-refractivity contribution in [3.05, 3.63) is 48.6 Å². The van der Waals surface area contributed by atoms with Crippen molar-refractivity contribution in [1.82, 2.24) is 78.4 Å². The van der Waals surface area contributed by atoms with Crippen LogP contribution in [0.4, 0.5) is 0 Å². The molecule has 2 aromatic rings. The Morgan fingerprint density at radius 2 is 1.21 bits per heavy atom. The Kier molecular flexibility index (Phi) is 36.1. The summed E-state index contributed by atoms with van der Waals surface area (Å²) in [5.41, 5.74) is 24.9. The number of nitrogens with two attached hydrogens (primary N) is 5. The second-order valence-corrected chi connectivity index (χ2v) is 26.3. The first-order valence-electron chi connectivity index (χ1n) is 33.7. The number of nitrogens with zero attached hydrogens (tertiary/aromatic N) is 3. The summed E-state index contributed by atoms with van der Waals surface area (Å²) in [6.07, 6.45) is 8.23. The van der Waals surface area contributed by atoms with Gasteiger partial charge in [0, 0.05) is 56.5 Å². The lowest BCUT2D eigenvalue weighted by Gasteiger charge is -2.34. The van der Waals surface area contributed by atoms with E-state index >= 15 is 14.4 Å². The van der Waals surface area contributed by atoms with Crippen molar-refractivity contribution in [2.75, 3.05) is 19.7 Å². The van der Waals surface area contributed by atoms with Crippen LogP contribution in [0.25, 0.3) is 0 Å². The number of primary amides is 2. The maximum Gasteiger partial charge on any atom is 0.305 e. The van der Waals surface area contributed by atoms with Crippen LogP contribution in [0.1, 0.15) is 163 Å². The summed E-state index contributed by atoms with van der Waals surface area (Å²) in [5.74, 6) is -14.5. The zero-order chi connectivity index (χ0) is 75.6. The minimum Gasteiger partial charge on any atom is -0.481 e. The van der Waals surface area contributed by atoms with Gasteiger partial charge in [0.1, 0.15) is 65.5 Å². The number of aliphatic hydroxyl groups excluding tert-OH is 1. The van der Waals surface area contributed by atoms with E-state index in [2.05, 4.69) is 78.1 Å². The fourth-order valence-electron chi connectivity index (χ4n) is 10.8. The number of carboxylic acid groups (broad SMARTS) is 1. The largest absolute Gasteiger partial charge is 0.481 e. The molecule has 562 valence electrons. The summed E-state index contributed by atoms with van der Waals surface area (Å²) in [7, 11) is 0. The fraction of sp³-hybridized carbons (Fsp3) is 0.641. The van der Waals surface area contributed by atoms with E-state index in [0.717, 1.165) is 0 Å². The van der Waals surface area contributed by atoms with Gasteiger partial charge in [0.25, 0.3) is 0 Å². The van der Waals surface area contributed by atoms with Crippen molar-refractivity contribution in [2.24, 2.45) is 45.5 Å². The van der Waals surface area contributed by atoms with Gasteiger partial charge in [0.2, 0.25) is 76.8 Å². The molecule has 0 fully saturated rings. The van der Waals surface area contributed by atoms with Gasteiger partial charge < -0.3 is 107 Å². The number of aromatic amines is 2. The highest BCUT2D eigenvalue weighted by Crippen LogP contribution is 2.22. The highest BCUT2D eigenvalue weighted by Gasteiger charge is 2.43. The lowest BCUT2D eigenvalue weighted by molar-refractivity contribution is -0.141. The number of guanidine groups is 1. The minimum absolute atomic E-state index is 0.00566. The number of hydrogen-bond acceptors (Lipinski definition) is 19. The zero-order valence-corrected chi connectivity index (χ0v) is 58.5. The number of carbonyl (C=O) groups excluding carboxylic acids is 13. The van der Waals surface area contributed by atoms with E-state index in [1.54, 1.807) is 39.8 Å². The third-order valence-corrected chi connectivity index (χ3v) is 16.3. The maximum atomic E-state index is 15.1. The molecule has 11 atom stereocenters. The average Bonchev–Trinajstić information content (AvgIpc) is 1.10. The van der Waals surface area contributed by atoms with Crippen LogP contribution in [0.5, 0.6) is 0 Å². The summed E-state index contributed by atoms with van der Waals surface area (Å²) in [6, 6.07) is -13.7. The van der Waals surface area contributed by atoms with E-state index in [9.17, 15) is 63.0 Å². The number of nitrogens with one attached hydrogen (secondary N) is 13. The van der Waals surface area contributed by atoms with E-state index in [0.29, 0.717) is 30.7 Å². The van der Waals surface area contributed by atoms with Crippen molar-refractivity contribution >= 4 is 88.7 Å². The van der Waals surface area contributed by atoms with E-state index in [1.807, 2.05) is 5.32 Å². The molecule has 0 radical (unpaired) electrons. The number of carboxylic acids is 1. The Bertz CT molecular complexity index is 3180. The maximum absolute atomic E-state index is 15.1. The number of imidazole rings is 2. The molecular weight excluding hydrogens is 1320 g/mol. The van der Waals surface area contributed by atoms with Crippen LogP contribution in [-0.4, -0.2) is 204 Å². The lowest BCUT2D eigenvalue weighted by Crippen LogP contribution is -2.65. The molecule has 37 heteroatoms. The number of allylic oxidation sites excluding steroid dienone is 2. The van der Waals surface area contributed by atoms with Crippen molar-refractivity contribution < 1.29 is 77.3 Å². The van der Waals surface area contributed by atoms with Crippen LogP contribution >= 0.6 is 0 Å². The Balaban J connectivity index is 2.20. The summed E-state index contributed by atoms with van der Waals surface area (Å²) in [4.78, 5) is 211. The summed E-state index contributed by atoms with van der Waals surface area (Å²) in [5, 5.41) is 48.0. The van der Waals surface area contributed by atoms with E-state index in [1.165, 1.54) is 45.8 Å². The minimum atomic E-state index is -1.95. The normalized spacial score (nSPS) is 20.9. The molecule has 0 unspecified atom stereocenters. The first kappa shape index (κ1) is 85.2. The molecule has 101 heavy (non-hydrogen) atoms. The quantitative estimate of drug-likeness (QED) is 0.0132. The molecule has 0 aliphatic carbocycles. The molecule has 0 bridgehead atoms. The third-order valence-electron chi connectivity index (χ3n) is 16.3. The molecule has 0 saturated carbocycles. The van der Waals surface area contributed by atoms with Crippen LogP contribution in [0.2, 0.25) is 0 Å². The van der Waals surface area contributed by atoms with Gasteiger partial charge in [-0.3, -0.25) is 72.1 Å². The molecule has 0 spiro atoms. The summed E-state index contributed by atoms with van der Waals surface area (Å²) < 4.78 is 0. The highest BCUT2D eigenvalue weighted by molar-refractivity contribution is 6.01. The summed E-state index contributed by atoms with van der Waals surface area (Å²) >= 11 is 0. The summed E-state index contributed by atoms with van der Waals surface area (Å²) in [6.45, 7) is 10.3. The standard InChI is InChI=1S/C64H105N21O16/c1-35(2)25-43(53(93)78-42(19-20-49(66)88)52(92)80-47(29-50(89)90)57(97)81-48(32-86)51(67)91)82-60(100)64(7)22-14-11-9-8-10-13-21-63(6,84-58(98)40(17-12-15-23-65)76-55(95)45(75-37(5)87)27-38-30-70-33-73-38)61(101)83-44(26-36(3)4)54(94)79-46(28-39-31-71-34-74-39)56(96)77-41(59(99)85-64)18-16-24-72-62(68)69/h8-9,30-31,33-36,40-48,86H,10-29,32,65H2,1-7H3,(H2,66,88)(H2,67,91)(H,70,73)(H,71,74)(H,75,87)(H,76,95)(H,77,96)(H,78,93)(H,79,94)(H,80,92)(H,81,97)(H,82,100)(H,83,101)(H,84,98)(H,85,99)(H,89,90)(H4,68,69,72)/b9-8-/t40-,41-,42-,43-,44-,45-,46-,47-,48-,63-,64-/m0/s1. The first-order chi connectivity index (χ1) is 47.6. The van der Waals surface area contributed by atoms with Gasteiger partial charge in [-0.25, -0.2) is 9.97 Å². The predicted molar refractivity (Wildman–Crippen MR) is 366 cm³/mol. The van der Waals surface area contributed by atoms with Gasteiger partial charge in [0.05, 0.1) is 25.7 Å². The second kappa shape index (κ2) is 42.8. The first-order valence-corrected chi connectivity index (χ1v) is 33.7. The van der Waals surface area contributed by atoms with Gasteiger partial charge in [-0.2, -0.15) is 0 Å². The molecule has 2 aromatic heterocycles. The van der Waals surface area contributed by atoms with E-state index in [-0.39, 0.29) is 108 Å². The number of aliphatic imine (C=N–C) groups is 1. The Hall–Kier alpha value is -10.1. The highest BCUT2D eigenvalue weighted by atomic mass is 16.4. The van der Waals surface area contributed by atoms with E-state index < -0.39 is 174 Å². The van der Waals surface area contributed by atoms with Crippen LogP contribution in [0.3, 0.4) is 0 Å². The molecule has 3 rings (SSSR count). The Morgan fingerprint density at radius 1 is 0.644 bits per heavy atom. The predicted octanol–water partition coefficient (Wildman–Crippen LogP) is -4.55. The number of aromatic nitrogens is 4. The molecule has 13 amide bonds. The third kappa shape index (κ3) is 30.9. The zero-order valence-electron chi connectivity index (χ0n) is 58.5. The number of rotatable bonds is 36. The Labute approximate surface area is 585 Å². The van der Waals surface area contributed by atoms with Crippen LogP contribution < -0.4 is 87.2 Å². The molecule has 37 nitrogen and oxygen atoms in total. The smallest absolute Gasteiger partial charge is 0.305 e. The molecule has 1 aliphatic heterocycles. The van der Waals surface area contributed by atoms with Gasteiger partial charge in [-0.05, 0) is 122 Å². The molecule has 3 heterocycles. The van der Waals surface area contributed by atoms with Gasteiger partial charge in [-0.15, -0.1) is 0 Å².